The van der Waals surface area contributed by atoms with Crippen molar-refractivity contribution >= 4 is 15.9 Å². The van der Waals surface area contributed by atoms with Crippen molar-refractivity contribution in [2.75, 3.05) is 19.7 Å². The zero-order valence-electron chi connectivity index (χ0n) is 8.30. The molecular weight excluding hydrogens is 261 g/mol. The van der Waals surface area contributed by atoms with E-state index in [4.69, 9.17) is 4.74 Å². The molecule has 0 bridgehead atoms. The van der Waals surface area contributed by atoms with Crippen LogP contribution in [0.5, 0.6) is 5.75 Å². The summed E-state index contributed by atoms with van der Waals surface area (Å²) in [5, 5.41) is 3.25. The van der Waals surface area contributed by atoms with E-state index in [-0.39, 0.29) is 5.82 Å². The molecule has 0 saturated carbocycles. The second kappa shape index (κ2) is 4.94. The van der Waals surface area contributed by atoms with Crippen molar-refractivity contribution in [3.05, 3.63) is 28.5 Å². The molecule has 1 aliphatic heterocycles. The first-order chi connectivity index (χ1) is 7.25. The largest absolute Gasteiger partial charge is 0.490 e. The fraction of sp³-hybridized carbons (Fsp3) is 0.455. The molecule has 0 aromatic heterocycles. The number of nitrogens with one attached hydrogen (secondary N) is 1. The predicted octanol–water partition coefficient (Wildman–Crippen LogP) is 2.58. The molecule has 15 heavy (non-hydrogen) atoms. The maximum atomic E-state index is 13.4. The number of halogens is 2. The van der Waals surface area contributed by atoms with Crippen molar-refractivity contribution in [3.63, 3.8) is 0 Å². The molecule has 1 aromatic carbocycles. The SMILES string of the molecule is Fc1cc(Br)ccc1OCC1CCNC1. The van der Waals surface area contributed by atoms with Gasteiger partial charge in [0.25, 0.3) is 0 Å². The van der Waals surface area contributed by atoms with Crippen LogP contribution in [0.3, 0.4) is 0 Å². The summed E-state index contributed by atoms with van der Waals surface area (Å²) in [6, 6.07) is 4.86. The molecule has 1 N–H and O–H groups in total. The molecular formula is C11H13BrFNO. The van der Waals surface area contributed by atoms with Gasteiger partial charge in [0, 0.05) is 16.9 Å². The highest BCUT2D eigenvalue weighted by atomic mass is 79.9. The predicted molar refractivity (Wildman–Crippen MR) is 60.6 cm³/mol. The van der Waals surface area contributed by atoms with Gasteiger partial charge in [-0.2, -0.15) is 0 Å². The minimum absolute atomic E-state index is 0.310. The third-order valence-corrected chi connectivity index (χ3v) is 3.02. The third kappa shape index (κ3) is 2.92. The Kier molecular flexibility index (Phi) is 3.59. The monoisotopic (exact) mass is 273 g/mol. The van der Waals surface area contributed by atoms with E-state index in [0.717, 1.165) is 24.0 Å². The second-order valence-electron chi connectivity index (χ2n) is 3.74. The molecule has 2 nitrogen and oxygen atoms in total. The van der Waals surface area contributed by atoms with E-state index in [0.29, 0.717) is 18.3 Å². The van der Waals surface area contributed by atoms with Gasteiger partial charge in [-0.15, -0.1) is 0 Å². The van der Waals surface area contributed by atoms with Crippen LogP contribution < -0.4 is 10.1 Å². The summed E-state index contributed by atoms with van der Waals surface area (Å²) in [6.07, 6.45) is 1.11. The number of rotatable bonds is 3. The number of hydrogen-bond acceptors (Lipinski definition) is 2. The summed E-state index contributed by atoms with van der Waals surface area (Å²) in [4.78, 5) is 0. The second-order valence-corrected chi connectivity index (χ2v) is 4.66. The van der Waals surface area contributed by atoms with Crippen molar-refractivity contribution in [2.45, 2.75) is 6.42 Å². The normalized spacial score (nSPS) is 20.5. The molecule has 0 radical (unpaired) electrons. The van der Waals surface area contributed by atoms with Gasteiger partial charge in [-0.25, -0.2) is 4.39 Å². The molecule has 1 fully saturated rings. The molecule has 0 aliphatic carbocycles. The van der Waals surface area contributed by atoms with Crippen molar-refractivity contribution < 1.29 is 9.13 Å². The standard InChI is InChI=1S/C11H13BrFNO/c12-9-1-2-11(10(13)5-9)15-7-8-3-4-14-6-8/h1-2,5,8,14H,3-4,6-7H2. The molecule has 82 valence electrons. The van der Waals surface area contributed by atoms with Crippen LogP contribution in [0.15, 0.2) is 22.7 Å². The summed E-state index contributed by atoms with van der Waals surface area (Å²) in [5.74, 6) is 0.536. The zero-order valence-corrected chi connectivity index (χ0v) is 9.89. The van der Waals surface area contributed by atoms with E-state index in [1.807, 2.05) is 0 Å². The van der Waals surface area contributed by atoms with Crippen LogP contribution in [0.1, 0.15) is 6.42 Å². The summed E-state index contributed by atoms with van der Waals surface area (Å²) in [7, 11) is 0. The summed E-state index contributed by atoms with van der Waals surface area (Å²) >= 11 is 3.21. The molecule has 0 amide bonds. The third-order valence-electron chi connectivity index (χ3n) is 2.53. The minimum atomic E-state index is -0.310. The van der Waals surface area contributed by atoms with Gasteiger partial charge in [0.05, 0.1) is 6.61 Å². The highest BCUT2D eigenvalue weighted by molar-refractivity contribution is 9.10. The molecule has 1 aromatic rings. The first-order valence-corrected chi connectivity index (χ1v) is 5.83. The zero-order chi connectivity index (χ0) is 10.7. The smallest absolute Gasteiger partial charge is 0.166 e. The van der Waals surface area contributed by atoms with E-state index in [1.54, 1.807) is 12.1 Å². The van der Waals surface area contributed by atoms with Gasteiger partial charge in [0.15, 0.2) is 11.6 Å². The van der Waals surface area contributed by atoms with Crippen LogP contribution in [0.25, 0.3) is 0 Å². The first kappa shape index (κ1) is 10.9. The van der Waals surface area contributed by atoms with Crippen molar-refractivity contribution in [2.24, 2.45) is 5.92 Å². The van der Waals surface area contributed by atoms with Gasteiger partial charge in [-0.05, 0) is 31.2 Å². The van der Waals surface area contributed by atoms with Crippen molar-refractivity contribution in [1.82, 2.24) is 5.32 Å². The molecule has 1 atom stereocenters. The van der Waals surface area contributed by atoms with E-state index >= 15 is 0 Å². The lowest BCUT2D eigenvalue weighted by Crippen LogP contribution is -2.15. The fourth-order valence-electron chi connectivity index (χ4n) is 1.66. The number of benzene rings is 1. The average molecular weight is 274 g/mol. The van der Waals surface area contributed by atoms with Gasteiger partial charge in [-0.1, -0.05) is 15.9 Å². The van der Waals surface area contributed by atoms with Gasteiger partial charge in [-0.3, -0.25) is 0 Å². The van der Waals surface area contributed by atoms with Crippen LogP contribution in [-0.4, -0.2) is 19.7 Å². The Morgan fingerprint density at radius 2 is 2.40 bits per heavy atom. The molecule has 1 heterocycles. The minimum Gasteiger partial charge on any atom is -0.490 e. The lowest BCUT2D eigenvalue weighted by molar-refractivity contribution is 0.249. The van der Waals surface area contributed by atoms with E-state index in [9.17, 15) is 4.39 Å². The lowest BCUT2D eigenvalue weighted by atomic mass is 10.1. The maximum absolute atomic E-state index is 13.4. The van der Waals surface area contributed by atoms with Crippen molar-refractivity contribution in [1.29, 1.82) is 0 Å². The Labute approximate surface area is 96.9 Å². The number of hydrogen-bond donors (Lipinski definition) is 1. The quantitative estimate of drug-likeness (QED) is 0.914. The Bertz CT molecular complexity index is 339. The molecule has 1 unspecified atom stereocenters. The number of ether oxygens (including phenoxy) is 1. The van der Waals surface area contributed by atoms with E-state index in [2.05, 4.69) is 21.2 Å². The Morgan fingerprint density at radius 3 is 3.07 bits per heavy atom. The maximum Gasteiger partial charge on any atom is 0.166 e. The Balaban J connectivity index is 1.92. The van der Waals surface area contributed by atoms with Crippen LogP contribution in [-0.2, 0) is 0 Å². The molecule has 2 rings (SSSR count). The summed E-state index contributed by atoms with van der Waals surface area (Å²) < 4.78 is 19.5. The lowest BCUT2D eigenvalue weighted by Gasteiger charge is -2.11. The van der Waals surface area contributed by atoms with Crippen LogP contribution >= 0.6 is 15.9 Å². The first-order valence-electron chi connectivity index (χ1n) is 5.04. The van der Waals surface area contributed by atoms with Gasteiger partial charge >= 0.3 is 0 Å². The molecule has 1 aliphatic rings. The molecule has 1 saturated heterocycles. The van der Waals surface area contributed by atoms with Crippen LogP contribution in [0, 0.1) is 11.7 Å². The fourth-order valence-corrected chi connectivity index (χ4v) is 1.99. The van der Waals surface area contributed by atoms with Crippen LogP contribution in [0.4, 0.5) is 4.39 Å². The average Bonchev–Trinajstić information content (AvgIpc) is 2.69. The van der Waals surface area contributed by atoms with Gasteiger partial charge in [0.2, 0.25) is 0 Å². The van der Waals surface area contributed by atoms with Crippen LogP contribution in [0.2, 0.25) is 0 Å². The highest BCUT2D eigenvalue weighted by Gasteiger charge is 2.15. The molecule has 0 spiro atoms. The Hall–Kier alpha value is -0.610. The topological polar surface area (TPSA) is 21.3 Å². The van der Waals surface area contributed by atoms with Gasteiger partial charge < -0.3 is 10.1 Å². The summed E-state index contributed by atoms with van der Waals surface area (Å²) in [6.45, 7) is 2.60. The van der Waals surface area contributed by atoms with Crippen molar-refractivity contribution in [3.8, 4) is 5.75 Å². The summed E-state index contributed by atoms with van der Waals surface area (Å²) in [5.41, 5.74) is 0. The van der Waals surface area contributed by atoms with E-state index < -0.39 is 0 Å². The van der Waals surface area contributed by atoms with Gasteiger partial charge in [0.1, 0.15) is 0 Å². The Morgan fingerprint density at radius 1 is 1.53 bits per heavy atom. The molecule has 4 heteroatoms. The van der Waals surface area contributed by atoms with E-state index in [1.165, 1.54) is 6.07 Å². The highest BCUT2D eigenvalue weighted by Crippen LogP contribution is 2.22.